The third kappa shape index (κ3) is 4.26. The fourth-order valence-electron chi connectivity index (χ4n) is 3.40. The first-order chi connectivity index (χ1) is 12.1. The minimum Gasteiger partial charge on any atom is -0.496 e. The summed E-state index contributed by atoms with van der Waals surface area (Å²) in [6.07, 6.45) is 1.58. The molecule has 1 aliphatic heterocycles. The van der Waals surface area contributed by atoms with Crippen LogP contribution in [0.25, 0.3) is 0 Å². The van der Waals surface area contributed by atoms with Crippen LogP contribution in [-0.4, -0.2) is 31.4 Å². The number of hydrogen-bond donors (Lipinski definition) is 2. The normalized spacial score (nSPS) is 16.6. The van der Waals surface area contributed by atoms with Crippen molar-refractivity contribution in [3.63, 3.8) is 0 Å². The van der Waals surface area contributed by atoms with Gasteiger partial charge in [0.05, 0.1) is 13.2 Å². The Balaban J connectivity index is 1.64. The Kier molecular flexibility index (Phi) is 5.49. The summed E-state index contributed by atoms with van der Waals surface area (Å²) in [6.45, 7) is 6.09. The van der Waals surface area contributed by atoms with Gasteiger partial charge in [0.15, 0.2) is 0 Å². The van der Waals surface area contributed by atoms with Crippen LogP contribution >= 0.6 is 0 Å². The van der Waals surface area contributed by atoms with E-state index in [0.29, 0.717) is 0 Å². The van der Waals surface area contributed by atoms with Gasteiger partial charge < -0.3 is 20.1 Å². The Hall–Kier alpha value is -2.20. The van der Waals surface area contributed by atoms with E-state index in [0.717, 1.165) is 42.9 Å². The van der Waals surface area contributed by atoms with E-state index in [2.05, 4.69) is 60.5 Å². The second-order valence-electron chi connectivity index (χ2n) is 6.86. The lowest BCUT2D eigenvalue weighted by molar-refractivity contribution is 0.145. The summed E-state index contributed by atoms with van der Waals surface area (Å²) in [4.78, 5) is 2.35. The molecule has 1 heterocycles. The van der Waals surface area contributed by atoms with Gasteiger partial charge in [-0.3, -0.25) is 0 Å². The van der Waals surface area contributed by atoms with Crippen molar-refractivity contribution in [3.8, 4) is 5.75 Å². The van der Waals surface area contributed by atoms with Crippen molar-refractivity contribution in [3.05, 3.63) is 53.6 Å². The number of benzene rings is 2. The van der Waals surface area contributed by atoms with Crippen molar-refractivity contribution in [2.24, 2.45) is 0 Å². The van der Waals surface area contributed by atoms with Crippen LogP contribution in [0.3, 0.4) is 0 Å². The molecule has 2 aromatic rings. The molecule has 0 bridgehead atoms. The van der Waals surface area contributed by atoms with Gasteiger partial charge in [0, 0.05) is 30.5 Å². The number of aryl methyl sites for hydroxylation is 1. The van der Waals surface area contributed by atoms with Crippen molar-refractivity contribution < 1.29 is 9.84 Å². The molecule has 0 spiro atoms. The summed E-state index contributed by atoms with van der Waals surface area (Å²) in [5, 5.41) is 13.2. The van der Waals surface area contributed by atoms with Gasteiger partial charge in [-0.1, -0.05) is 12.1 Å². The number of piperidine rings is 1. The smallest absolute Gasteiger partial charge is 0.121 e. The van der Waals surface area contributed by atoms with Crippen molar-refractivity contribution in [2.45, 2.75) is 38.8 Å². The largest absolute Gasteiger partial charge is 0.496 e. The van der Waals surface area contributed by atoms with E-state index < -0.39 is 0 Å². The number of rotatable bonds is 5. The number of methoxy groups -OCH3 is 1. The molecule has 134 valence electrons. The minimum absolute atomic E-state index is 0.132. The molecular formula is C21H28N2O2. The SMILES string of the molecule is COc1ccc(NC(C)c2ccc(N3CCC(O)CC3)cc2)cc1C. The topological polar surface area (TPSA) is 44.7 Å². The van der Waals surface area contributed by atoms with Crippen LogP contribution in [-0.2, 0) is 0 Å². The number of nitrogens with zero attached hydrogens (tertiary/aromatic N) is 1. The molecule has 2 N–H and O–H groups in total. The molecule has 0 radical (unpaired) electrons. The standard InChI is InChI=1S/C21H28N2O2/c1-15-14-18(6-9-21(15)25-3)22-16(2)17-4-7-19(8-5-17)23-12-10-20(24)11-13-23/h4-9,14,16,20,22,24H,10-13H2,1-3H3. The maximum absolute atomic E-state index is 9.64. The third-order valence-electron chi connectivity index (χ3n) is 5.00. The Morgan fingerprint density at radius 1 is 1.12 bits per heavy atom. The Bertz CT molecular complexity index is 692. The van der Waals surface area contributed by atoms with E-state index >= 15 is 0 Å². The highest BCUT2D eigenvalue weighted by Crippen LogP contribution is 2.27. The van der Waals surface area contributed by atoms with E-state index in [1.165, 1.54) is 11.3 Å². The van der Waals surface area contributed by atoms with Crippen molar-refractivity contribution in [1.29, 1.82) is 0 Å². The van der Waals surface area contributed by atoms with Crippen LogP contribution < -0.4 is 15.0 Å². The molecule has 4 nitrogen and oxygen atoms in total. The van der Waals surface area contributed by atoms with Gasteiger partial charge in [-0.15, -0.1) is 0 Å². The molecule has 1 saturated heterocycles. The maximum Gasteiger partial charge on any atom is 0.121 e. The van der Waals surface area contributed by atoms with Crippen molar-refractivity contribution in [1.82, 2.24) is 0 Å². The molecule has 1 fully saturated rings. The first-order valence-electron chi connectivity index (χ1n) is 9.01. The van der Waals surface area contributed by atoms with Gasteiger partial charge in [0.1, 0.15) is 5.75 Å². The van der Waals surface area contributed by atoms with E-state index in [1.807, 2.05) is 6.07 Å². The first kappa shape index (κ1) is 17.6. The van der Waals surface area contributed by atoms with Gasteiger partial charge in [0.25, 0.3) is 0 Å². The van der Waals surface area contributed by atoms with E-state index in [1.54, 1.807) is 7.11 Å². The van der Waals surface area contributed by atoms with Gasteiger partial charge in [-0.05, 0) is 68.1 Å². The van der Waals surface area contributed by atoms with Crippen LogP contribution in [0.1, 0.15) is 36.9 Å². The van der Waals surface area contributed by atoms with Gasteiger partial charge in [-0.2, -0.15) is 0 Å². The molecule has 0 amide bonds. The number of ether oxygens (including phenoxy) is 1. The lowest BCUT2D eigenvalue weighted by Gasteiger charge is -2.31. The van der Waals surface area contributed by atoms with E-state index in [4.69, 9.17) is 4.74 Å². The number of aliphatic hydroxyl groups excluding tert-OH is 1. The van der Waals surface area contributed by atoms with Crippen LogP contribution in [0, 0.1) is 6.92 Å². The summed E-state index contributed by atoms with van der Waals surface area (Å²) >= 11 is 0. The predicted molar refractivity (Wildman–Crippen MR) is 104 cm³/mol. The molecular weight excluding hydrogens is 312 g/mol. The summed E-state index contributed by atoms with van der Waals surface area (Å²) in [5.74, 6) is 0.911. The zero-order chi connectivity index (χ0) is 17.8. The average molecular weight is 340 g/mol. The highest BCUT2D eigenvalue weighted by molar-refractivity contribution is 5.53. The monoisotopic (exact) mass is 340 g/mol. The second kappa shape index (κ2) is 7.79. The number of nitrogens with one attached hydrogen (secondary N) is 1. The summed E-state index contributed by atoms with van der Waals surface area (Å²) < 4.78 is 5.32. The highest BCUT2D eigenvalue weighted by atomic mass is 16.5. The molecule has 2 aromatic carbocycles. The quantitative estimate of drug-likeness (QED) is 0.859. The number of hydrogen-bond acceptors (Lipinski definition) is 4. The molecule has 4 heteroatoms. The molecule has 1 aliphatic rings. The summed E-state index contributed by atoms with van der Waals surface area (Å²) in [7, 11) is 1.70. The molecule has 0 aromatic heterocycles. The number of anilines is 2. The van der Waals surface area contributed by atoms with Crippen molar-refractivity contribution in [2.75, 3.05) is 30.4 Å². The summed E-state index contributed by atoms with van der Waals surface area (Å²) in [5.41, 5.74) is 4.72. The highest BCUT2D eigenvalue weighted by Gasteiger charge is 2.17. The maximum atomic E-state index is 9.64. The zero-order valence-electron chi connectivity index (χ0n) is 15.3. The van der Waals surface area contributed by atoms with Crippen LogP contribution in [0.2, 0.25) is 0 Å². The lowest BCUT2D eigenvalue weighted by Crippen LogP contribution is -2.35. The first-order valence-corrected chi connectivity index (χ1v) is 9.01. The van der Waals surface area contributed by atoms with E-state index in [9.17, 15) is 5.11 Å². The van der Waals surface area contributed by atoms with Crippen molar-refractivity contribution >= 4 is 11.4 Å². The lowest BCUT2D eigenvalue weighted by atomic mass is 10.0. The van der Waals surface area contributed by atoms with Crippen LogP contribution in [0.15, 0.2) is 42.5 Å². The fraction of sp³-hybridized carbons (Fsp3) is 0.429. The number of aliphatic hydroxyl groups is 1. The molecule has 3 rings (SSSR count). The molecule has 0 saturated carbocycles. The molecule has 1 unspecified atom stereocenters. The van der Waals surface area contributed by atoms with Crippen LogP contribution in [0.4, 0.5) is 11.4 Å². The molecule has 0 aliphatic carbocycles. The molecule has 25 heavy (non-hydrogen) atoms. The van der Waals surface area contributed by atoms with E-state index in [-0.39, 0.29) is 12.1 Å². The van der Waals surface area contributed by atoms with Gasteiger partial charge >= 0.3 is 0 Å². The molecule has 1 atom stereocenters. The Morgan fingerprint density at radius 2 is 1.80 bits per heavy atom. The van der Waals surface area contributed by atoms with Gasteiger partial charge in [-0.25, -0.2) is 0 Å². The average Bonchev–Trinajstić information content (AvgIpc) is 2.63. The minimum atomic E-state index is -0.132. The van der Waals surface area contributed by atoms with Gasteiger partial charge in [0.2, 0.25) is 0 Å². The Labute approximate surface area is 150 Å². The second-order valence-corrected chi connectivity index (χ2v) is 6.86. The zero-order valence-corrected chi connectivity index (χ0v) is 15.3. The third-order valence-corrected chi connectivity index (χ3v) is 5.00. The predicted octanol–water partition coefficient (Wildman–Crippen LogP) is 4.14. The Morgan fingerprint density at radius 3 is 2.40 bits per heavy atom. The van der Waals surface area contributed by atoms with Crippen LogP contribution in [0.5, 0.6) is 5.75 Å². The fourth-order valence-corrected chi connectivity index (χ4v) is 3.40. The summed E-state index contributed by atoms with van der Waals surface area (Å²) in [6, 6.07) is 15.1.